The van der Waals surface area contributed by atoms with Gasteiger partial charge in [-0.3, -0.25) is 0 Å². The highest BCUT2D eigenvalue weighted by Gasteiger charge is 2.16. The van der Waals surface area contributed by atoms with E-state index in [0.29, 0.717) is 11.3 Å². The zero-order valence-corrected chi connectivity index (χ0v) is 9.60. The lowest BCUT2D eigenvalue weighted by molar-refractivity contribution is -0.144. The van der Waals surface area contributed by atoms with Gasteiger partial charge in [0.15, 0.2) is 6.10 Å². The molecule has 0 spiro atoms. The Hall–Kier alpha value is -1.55. The molecule has 1 aromatic rings. The summed E-state index contributed by atoms with van der Waals surface area (Å²) in [5.41, 5.74) is 1.55. The fourth-order valence-corrected chi connectivity index (χ4v) is 1.33. The number of aliphatic hydroxyl groups excluding tert-OH is 1. The van der Waals surface area contributed by atoms with Crippen LogP contribution in [0.3, 0.4) is 0 Å². The summed E-state index contributed by atoms with van der Waals surface area (Å²) >= 11 is 0. The van der Waals surface area contributed by atoms with Crippen LogP contribution in [0.1, 0.15) is 31.1 Å². The molecule has 1 unspecified atom stereocenters. The second kappa shape index (κ2) is 4.99. The zero-order chi connectivity index (χ0) is 12.3. The molecule has 16 heavy (non-hydrogen) atoms. The van der Waals surface area contributed by atoms with Gasteiger partial charge in [0.1, 0.15) is 5.75 Å². The number of rotatable bonds is 4. The van der Waals surface area contributed by atoms with Crippen LogP contribution in [-0.4, -0.2) is 22.3 Å². The van der Waals surface area contributed by atoms with E-state index in [4.69, 9.17) is 9.84 Å². The molecule has 2 atom stereocenters. The molecule has 0 saturated carbocycles. The van der Waals surface area contributed by atoms with Gasteiger partial charge in [-0.15, -0.1) is 0 Å². The van der Waals surface area contributed by atoms with Crippen molar-refractivity contribution < 1.29 is 19.7 Å². The highest BCUT2D eigenvalue weighted by molar-refractivity contribution is 5.72. The lowest BCUT2D eigenvalue weighted by Gasteiger charge is -2.16. The molecular weight excluding hydrogens is 208 g/mol. The molecule has 0 aromatic heterocycles. The third kappa shape index (κ3) is 2.97. The van der Waals surface area contributed by atoms with Crippen molar-refractivity contribution in [3.63, 3.8) is 0 Å². The highest BCUT2D eigenvalue weighted by Crippen LogP contribution is 2.27. The molecule has 0 radical (unpaired) electrons. The van der Waals surface area contributed by atoms with Crippen LogP contribution in [0.5, 0.6) is 5.75 Å². The van der Waals surface area contributed by atoms with Gasteiger partial charge in [0, 0.05) is 5.56 Å². The predicted octanol–water partition coefficient (Wildman–Crippen LogP) is 1.90. The topological polar surface area (TPSA) is 66.8 Å². The van der Waals surface area contributed by atoms with E-state index in [1.54, 1.807) is 19.1 Å². The Labute approximate surface area is 94.5 Å². The number of carbonyl (C=O) groups is 1. The highest BCUT2D eigenvalue weighted by atomic mass is 16.5. The Kier molecular flexibility index (Phi) is 3.90. The van der Waals surface area contributed by atoms with Crippen LogP contribution in [0.2, 0.25) is 0 Å². The minimum Gasteiger partial charge on any atom is -0.479 e. The molecule has 2 N–H and O–H groups in total. The molecule has 0 bridgehead atoms. The van der Waals surface area contributed by atoms with Gasteiger partial charge in [-0.1, -0.05) is 12.1 Å². The Bertz CT molecular complexity index is 385. The van der Waals surface area contributed by atoms with Gasteiger partial charge < -0.3 is 14.9 Å². The maximum Gasteiger partial charge on any atom is 0.344 e. The Morgan fingerprint density at radius 1 is 1.38 bits per heavy atom. The monoisotopic (exact) mass is 224 g/mol. The third-order valence-electron chi connectivity index (χ3n) is 2.27. The summed E-state index contributed by atoms with van der Waals surface area (Å²) in [5, 5.41) is 18.3. The first-order valence-electron chi connectivity index (χ1n) is 5.10. The number of hydrogen-bond acceptors (Lipinski definition) is 3. The second-order valence-electron chi connectivity index (χ2n) is 3.82. The average Bonchev–Trinajstić information content (AvgIpc) is 2.16. The van der Waals surface area contributed by atoms with E-state index >= 15 is 0 Å². The lowest BCUT2D eigenvalue weighted by Crippen LogP contribution is -2.23. The summed E-state index contributed by atoms with van der Waals surface area (Å²) in [4.78, 5) is 10.7. The summed E-state index contributed by atoms with van der Waals surface area (Å²) in [6.45, 7) is 4.95. The lowest BCUT2D eigenvalue weighted by atomic mass is 10.1. The predicted molar refractivity (Wildman–Crippen MR) is 59.5 cm³/mol. The van der Waals surface area contributed by atoms with Gasteiger partial charge in [0.25, 0.3) is 0 Å². The van der Waals surface area contributed by atoms with Gasteiger partial charge >= 0.3 is 5.97 Å². The van der Waals surface area contributed by atoms with Crippen molar-refractivity contribution >= 4 is 5.97 Å². The molecular formula is C12H16O4. The quantitative estimate of drug-likeness (QED) is 0.819. The number of carboxylic acid groups (broad SMARTS) is 1. The zero-order valence-electron chi connectivity index (χ0n) is 9.60. The van der Waals surface area contributed by atoms with Gasteiger partial charge in [-0.2, -0.15) is 0 Å². The minimum absolute atomic E-state index is 0.421. The van der Waals surface area contributed by atoms with E-state index in [2.05, 4.69) is 0 Å². The Morgan fingerprint density at radius 3 is 2.50 bits per heavy atom. The van der Waals surface area contributed by atoms with E-state index in [1.807, 2.05) is 13.0 Å². The normalized spacial score (nSPS) is 14.2. The van der Waals surface area contributed by atoms with E-state index in [1.165, 1.54) is 6.92 Å². The number of ether oxygens (including phenoxy) is 1. The molecule has 0 amide bonds. The van der Waals surface area contributed by atoms with E-state index < -0.39 is 18.2 Å². The summed E-state index contributed by atoms with van der Waals surface area (Å²) in [5.74, 6) is -0.608. The molecule has 88 valence electrons. The van der Waals surface area contributed by atoms with Crippen LogP contribution in [0, 0.1) is 6.92 Å². The van der Waals surface area contributed by atoms with Crippen molar-refractivity contribution in [3.8, 4) is 5.75 Å². The first-order valence-corrected chi connectivity index (χ1v) is 5.10. The SMILES string of the molecule is Cc1ccc([C@@H](C)O)c(OC(C)C(=O)O)c1. The van der Waals surface area contributed by atoms with Crippen molar-refractivity contribution in [1.29, 1.82) is 0 Å². The molecule has 0 fully saturated rings. The average molecular weight is 224 g/mol. The van der Waals surface area contributed by atoms with Gasteiger partial charge in [0.05, 0.1) is 6.10 Å². The molecule has 1 aromatic carbocycles. The first-order chi connectivity index (χ1) is 7.41. The number of hydrogen-bond donors (Lipinski definition) is 2. The maximum absolute atomic E-state index is 10.7. The van der Waals surface area contributed by atoms with E-state index in [0.717, 1.165) is 5.56 Å². The molecule has 1 rings (SSSR count). The fraction of sp³-hybridized carbons (Fsp3) is 0.417. The molecule has 0 heterocycles. The number of aliphatic carboxylic acids is 1. The Balaban J connectivity index is 3.01. The maximum atomic E-state index is 10.7. The van der Waals surface area contributed by atoms with Gasteiger partial charge in [-0.25, -0.2) is 4.79 Å². The minimum atomic E-state index is -1.03. The second-order valence-corrected chi connectivity index (χ2v) is 3.82. The first kappa shape index (κ1) is 12.5. The van der Waals surface area contributed by atoms with Crippen LogP contribution in [0.4, 0.5) is 0 Å². The standard InChI is InChI=1S/C12H16O4/c1-7-4-5-10(8(2)13)11(6-7)16-9(3)12(14)15/h4-6,8-9,13H,1-3H3,(H,14,15)/t8-,9?/m1/s1. The summed E-state index contributed by atoms with van der Waals surface area (Å²) in [7, 11) is 0. The largest absolute Gasteiger partial charge is 0.479 e. The molecule has 0 aliphatic rings. The van der Waals surface area contributed by atoms with Gasteiger partial charge in [-0.05, 0) is 32.4 Å². The number of aliphatic hydroxyl groups is 1. The number of benzene rings is 1. The van der Waals surface area contributed by atoms with E-state index in [-0.39, 0.29) is 0 Å². The summed E-state index contributed by atoms with van der Waals surface area (Å²) in [6, 6.07) is 5.31. The van der Waals surface area contributed by atoms with Crippen molar-refractivity contribution in [2.24, 2.45) is 0 Å². The fourth-order valence-electron chi connectivity index (χ4n) is 1.33. The van der Waals surface area contributed by atoms with Crippen LogP contribution in [0.15, 0.2) is 18.2 Å². The molecule has 0 aliphatic carbocycles. The number of aryl methyl sites for hydroxylation is 1. The Morgan fingerprint density at radius 2 is 2.00 bits per heavy atom. The third-order valence-corrected chi connectivity index (χ3v) is 2.27. The van der Waals surface area contributed by atoms with Crippen LogP contribution < -0.4 is 4.74 Å². The van der Waals surface area contributed by atoms with Crippen molar-refractivity contribution in [3.05, 3.63) is 29.3 Å². The molecule has 4 nitrogen and oxygen atoms in total. The van der Waals surface area contributed by atoms with Crippen molar-refractivity contribution in [2.45, 2.75) is 33.0 Å². The van der Waals surface area contributed by atoms with Crippen molar-refractivity contribution in [1.82, 2.24) is 0 Å². The smallest absolute Gasteiger partial charge is 0.344 e. The van der Waals surface area contributed by atoms with E-state index in [9.17, 15) is 9.90 Å². The van der Waals surface area contributed by atoms with Gasteiger partial charge in [0.2, 0.25) is 0 Å². The molecule has 0 saturated heterocycles. The van der Waals surface area contributed by atoms with Crippen LogP contribution in [-0.2, 0) is 4.79 Å². The number of carboxylic acids is 1. The molecule has 0 aliphatic heterocycles. The summed E-state index contributed by atoms with van der Waals surface area (Å²) in [6.07, 6.45) is -1.61. The van der Waals surface area contributed by atoms with Crippen LogP contribution in [0.25, 0.3) is 0 Å². The molecule has 4 heteroatoms. The van der Waals surface area contributed by atoms with Crippen LogP contribution >= 0.6 is 0 Å². The summed E-state index contributed by atoms with van der Waals surface area (Å²) < 4.78 is 5.29. The van der Waals surface area contributed by atoms with Crippen molar-refractivity contribution in [2.75, 3.05) is 0 Å².